The Morgan fingerprint density at radius 1 is 1.11 bits per heavy atom. The van der Waals surface area contributed by atoms with Gasteiger partial charge in [0.15, 0.2) is 0 Å². The summed E-state index contributed by atoms with van der Waals surface area (Å²) in [5.74, 6) is -0.582. The number of rotatable bonds is 1. The van der Waals surface area contributed by atoms with Crippen molar-refractivity contribution in [1.29, 1.82) is 0 Å². The van der Waals surface area contributed by atoms with Crippen LogP contribution in [-0.2, 0) is 9.59 Å². The van der Waals surface area contributed by atoms with Gasteiger partial charge < -0.3 is 5.73 Å². The quantitative estimate of drug-likeness (QED) is 0.634. The SMILES string of the molecule is Nc1ccc(Cl)c(N2C(=O)C3CCCCC3C2=O)c1. The van der Waals surface area contributed by atoms with Crippen LogP contribution in [0.15, 0.2) is 18.2 Å². The number of nitrogens with two attached hydrogens (primary N) is 1. The fourth-order valence-electron chi connectivity index (χ4n) is 3.10. The monoisotopic (exact) mass is 278 g/mol. The number of halogens is 1. The molecule has 2 fully saturated rings. The molecule has 2 N–H and O–H groups in total. The third-order valence-corrected chi connectivity index (χ3v) is 4.37. The zero-order valence-corrected chi connectivity index (χ0v) is 11.2. The van der Waals surface area contributed by atoms with Crippen LogP contribution in [0.1, 0.15) is 25.7 Å². The molecule has 4 nitrogen and oxygen atoms in total. The van der Waals surface area contributed by atoms with Gasteiger partial charge in [0, 0.05) is 5.69 Å². The molecule has 1 aliphatic heterocycles. The number of imide groups is 1. The third kappa shape index (κ3) is 1.91. The molecule has 2 atom stereocenters. The van der Waals surface area contributed by atoms with Crippen molar-refractivity contribution in [2.24, 2.45) is 11.8 Å². The van der Waals surface area contributed by atoms with Gasteiger partial charge in [0.25, 0.3) is 0 Å². The Labute approximate surface area is 116 Å². The van der Waals surface area contributed by atoms with Gasteiger partial charge in [-0.1, -0.05) is 24.4 Å². The lowest BCUT2D eigenvalue weighted by atomic mass is 9.81. The van der Waals surface area contributed by atoms with Crippen molar-refractivity contribution in [2.45, 2.75) is 25.7 Å². The fraction of sp³-hybridized carbons (Fsp3) is 0.429. The van der Waals surface area contributed by atoms with E-state index in [0.717, 1.165) is 25.7 Å². The second-order valence-corrected chi connectivity index (χ2v) is 5.63. The molecule has 0 aromatic heterocycles. The highest BCUT2D eigenvalue weighted by atomic mass is 35.5. The Bertz CT molecular complexity index is 534. The predicted octanol–water partition coefficient (Wildman–Crippen LogP) is 2.60. The van der Waals surface area contributed by atoms with Crippen molar-refractivity contribution < 1.29 is 9.59 Å². The minimum Gasteiger partial charge on any atom is -0.399 e. The molecule has 1 saturated carbocycles. The largest absolute Gasteiger partial charge is 0.399 e. The van der Waals surface area contributed by atoms with E-state index < -0.39 is 0 Å². The van der Waals surface area contributed by atoms with Crippen LogP contribution in [0, 0.1) is 11.8 Å². The minimum absolute atomic E-state index is 0.123. The van der Waals surface area contributed by atoms with Crippen LogP contribution in [0.4, 0.5) is 11.4 Å². The summed E-state index contributed by atoms with van der Waals surface area (Å²) in [6.45, 7) is 0. The van der Waals surface area contributed by atoms with Crippen LogP contribution in [0.25, 0.3) is 0 Å². The van der Waals surface area contributed by atoms with Crippen LogP contribution in [0.3, 0.4) is 0 Å². The van der Waals surface area contributed by atoms with Gasteiger partial charge in [-0.3, -0.25) is 9.59 Å². The van der Waals surface area contributed by atoms with E-state index in [1.54, 1.807) is 18.2 Å². The molecular formula is C14H15ClN2O2. The first kappa shape index (κ1) is 12.5. The van der Waals surface area contributed by atoms with Gasteiger partial charge in [0.1, 0.15) is 0 Å². The number of hydrogen-bond acceptors (Lipinski definition) is 3. The Kier molecular flexibility index (Phi) is 2.97. The highest BCUT2D eigenvalue weighted by molar-refractivity contribution is 6.36. The van der Waals surface area contributed by atoms with E-state index in [1.807, 2.05) is 0 Å². The number of hydrogen-bond donors (Lipinski definition) is 1. The molecule has 100 valence electrons. The summed E-state index contributed by atoms with van der Waals surface area (Å²) in [4.78, 5) is 26.1. The molecule has 19 heavy (non-hydrogen) atoms. The van der Waals surface area contributed by atoms with Gasteiger partial charge in [-0.25, -0.2) is 4.90 Å². The van der Waals surface area contributed by atoms with E-state index in [-0.39, 0.29) is 23.7 Å². The van der Waals surface area contributed by atoms with Gasteiger partial charge >= 0.3 is 0 Å². The molecular weight excluding hydrogens is 264 g/mol. The lowest BCUT2D eigenvalue weighted by Gasteiger charge is -2.19. The zero-order valence-electron chi connectivity index (χ0n) is 10.4. The van der Waals surface area contributed by atoms with Gasteiger partial charge in [-0.2, -0.15) is 0 Å². The Balaban J connectivity index is 2.03. The lowest BCUT2D eigenvalue weighted by Crippen LogP contribution is -2.31. The fourth-order valence-corrected chi connectivity index (χ4v) is 3.30. The second kappa shape index (κ2) is 4.53. The maximum Gasteiger partial charge on any atom is 0.237 e. The summed E-state index contributed by atoms with van der Waals surface area (Å²) < 4.78 is 0. The molecule has 2 unspecified atom stereocenters. The van der Waals surface area contributed by atoms with Gasteiger partial charge in [0.05, 0.1) is 22.5 Å². The summed E-state index contributed by atoms with van der Waals surface area (Å²) in [6.07, 6.45) is 3.62. The molecule has 0 bridgehead atoms. The topological polar surface area (TPSA) is 63.4 Å². The third-order valence-electron chi connectivity index (χ3n) is 4.05. The molecule has 2 aliphatic rings. The Morgan fingerprint density at radius 3 is 2.26 bits per heavy atom. The van der Waals surface area contributed by atoms with E-state index in [9.17, 15) is 9.59 Å². The summed E-state index contributed by atoms with van der Waals surface area (Å²) in [5, 5.41) is 0.384. The molecule has 2 amide bonds. The number of carbonyl (C=O) groups is 2. The van der Waals surface area contributed by atoms with Crippen molar-refractivity contribution >= 4 is 34.8 Å². The van der Waals surface area contributed by atoms with Crippen LogP contribution in [-0.4, -0.2) is 11.8 Å². The zero-order chi connectivity index (χ0) is 13.6. The first-order valence-corrected chi connectivity index (χ1v) is 6.90. The van der Waals surface area contributed by atoms with Crippen molar-refractivity contribution in [3.8, 4) is 0 Å². The first-order valence-electron chi connectivity index (χ1n) is 6.52. The summed E-state index contributed by atoms with van der Waals surface area (Å²) in [6, 6.07) is 4.87. The molecule has 0 spiro atoms. The van der Waals surface area contributed by atoms with Crippen molar-refractivity contribution in [2.75, 3.05) is 10.6 Å². The van der Waals surface area contributed by atoms with Crippen LogP contribution >= 0.6 is 11.6 Å². The van der Waals surface area contributed by atoms with Gasteiger partial charge in [-0.15, -0.1) is 0 Å². The van der Waals surface area contributed by atoms with E-state index in [2.05, 4.69) is 0 Å². The van der Waals surface area contributed by atoms with E-state index >= 15 is 0 Å². The predicted molar refractivity (Wildman–Crippen MR) is 73.8 cm³/mol. The van der Waals surface area contributed by atoms with Crippen LogP contribution in [0.5, 0.6) is 0 Å². The number of carbonyl (C=O) groups excluding carboxylic acids is 2. The average Bonchev–Trinajstić information content (AvgIpc) is 2.66. The van der Waals surface area contributed by atoms with Crippen LogP contribution < -0.4 is 10.6 Å². The molecule has 0 radical (unpaired) electrons. The first-order chi connectivity index (χ1) is 9.09. The summed E-state index contributed by atoms with van der Waals surface area (Å²) >= 11 is 6.10. The molecule has 1 aromatic rings. The number of benzene rings is 1. The number of nitrogens with zero attached hydrogens (tertiary/aromatic N) is 1. The van der Waals surface area contributed by atoms with Crippen LogP contribution in [0.2, 0.25) is 5.02 Å². The van der Waals surface area contributed by atoms with Gasteiger partial charge in [-0.05, 0) is 31.0 Å². The lowest BCUT2D eigenvalue weighted by molar-refractivity contribution is -0.122. The summed E-state index contributed by atoms with van der Waals surface area (Å²) in [7, 11) is 0. The molecule has 1 aromatic carbocycles. The normalized spacial score (nSPS) is 26.7. The van der Waals surface area contributed by atoms with E-state index in [0.29, 0.717) is 16.4 Å². The maximum absolute atomic E-state index is 12.4. The Hall–Kier alpha value is -1.55. The molecule has 1 saturated heterocycles. The maximum atomic E-state index is 12.4. The smallest absolute Gasteiger partial charge is 0.237 e. The number of amides is 2. The molecule has 5 heteroatoms. The van der Waals surface area contributed by atoms with E-state index in [4.69, 9.17) is 17.3 Å². The Morgan fingerprint density at radius 2 is 1.68 bits per heavy atom. The second-order valence-electron chi connectivity index (χ2n) is 5.22. The van der Waals surface area contributed by atoms with Crippen molar-refractivity contribution in [1.82, 2.24) is 0 Å². The van der Waals surface area contributed by atoms with Crippen molar-refractivity contribution in [3.63, 3.8) is 0 Å². The number of nitrogen functional groups attached to an aromatic ring is 1. The standard InChI is InChI=1S/C14H15ClN2O2/c15-11-6-5-8(16)7-12(11)17-13(18)9-3-1-2-4-10(9)14(17)19/h5-7,9-10H,1-4,16H2. The minimum atomic E-state index is -0.168. The number of fused-ring (bicyclic) bond motifs is 1. The molecule has 1 heterocycles. The molecule has 1 aliphatic carbocycles. The highest BCUT2D eigenvalue weighted by Gasteiger charge is 2.49. The number of anilines is 2. The van der Waals surface area contributed by atoms with Gasteiger partial charge in [0.2, 0.25) is 11.8 Å². The average molecular weight is 279 g/mol. The van der Waals surface area contributed by atoms with Crippen molar-refractivity contribution in [3.05, 3.63) is 23.2 Å². The van der Waals surface area contributed by atoms with E-state index in [1.165, 1.54) is 4.90 Å². The highest BCUT2D eigenvalue weighted by Crippen LogP contribution is 2.42. The molecule has 3 rings (SSSR count). The summed E-state index contributed by atoms with van der Waals surface area (Å²) in [5.41, 5.74) is 6.64.